The lowest BCUT2D eigenvalue weighted by Crippen LogP contribution is -2.39. The third-order valence-electron chi connectivity index (χ3n) is 4.06. The second-order valence-electron chi connectivity index (χ2n) is 5.76. The van der Waals surface area contributed by atoms with E-state index in [4.69, 9.17) is 0 Å². The Kier molecular flexibility index (Phi) is 4.48. The lowest BCUT2D eigenvalue weighted by molar-refractivity contribution is 0.240. The van der Waals surface area contributed by atoms with Crippen molar-refractivity contribution in [3.05, 3.63) is 42.5 Å². The second kappa shape index (κ2) is 6.70. The van der Waals surface area contributed by atoms with E-state index in [1.165, 1.54) is 5.56 Å². The average Bonchev–Trinajstić information content (AvgIpc) is 2.98. The summed E-state index contributed by atoms with van der Waals surface area (Å²) in [6.45, 7) is 8.99. The molecule has 0 unspecified atom stereocenters. The van der Waals surface area contributed by atoms with E-state index in [-0.39, 0.29) is 0 Å². The number of nitrogens with zero attached hydrogens (tertiary/aromatic N) is 5. The molecule has 0 aliphatic carbocycles. The van der Waals surface area contributed by atoms with E-state index < -0.39 is 0 Å². The minimum atomic E-state index is 0.413. The number of aromatic nitrogens is 4. The van der Waals surface area contributed by atoms with Crippen molar-refractivity contribution in [2.75, 3.05) is 25.0 Å². The second-order valence-corrected chi connectivity index (χ2v) is 5.76. The van der Waals surface area contributed by atoms with Crippen LogP contribution in [0.15, 0.2) is 36.9 Å². The molecule has 3 rings (SSSR count). The summed E-state index contributed by atoms with van der Waals surface area (Å²) >= 11 is 0. The van der Waals surface area contributed by atoms with Crippen LogP contribution in [0.1, 0.15) is 18.4 Å². The molecule has 116 valence electrons. The number of benzene rings is 1. The summed E-state index contributed by atoms with van der Waals surface area (Å²) in [6, 6.07) is 8.60. The molecular weight excluding hydrogens is 276 g/mol. The molecule has 0 atom stereocenters. The molecule has 22 heavy (non-hydrogen) atoms. The Labute approximate surface area is 130 Å². The summed E-state index contributed by atoms with van der Waals surface area (Å²) in [5.74, 6) is 0.714. The zero-order valence-electron chi connectivity index (χ0n) is 12.9. The van der Waals surface area contributed by atoms with Gasteiger partial charge in [0.2, 0.25) is 5.95 Å². The molecule has 6 heteroatoms. The molecule has 6 nitrogen and oxygen atoms in total. The highest BCUT2D eigenvalue weighted by molar-refractivity contribution is 5.40. The molecule has 1 aliphatic heterocycles. The van der Waals surface area contributed by atoms with Crippen LogP contribution in [0.5, 0.6) is 0 Å². The molecule has 2 heterocycles. The van der Waals surface area contributed by atoms with E-state index in [1.54, 1.807) is 4.68 Å². The van der Waals surface area contributed by atoms with Crippen LogP contribution in [0, 0.1) is 6.92 Å². The van der Waals surface area contributed by atoms with Gasteiger partial charge in [-0.05, 0) is 42.3 Å². The Bertz CT molecular complexity index is 610. The predicted octanol–water partition coefficient (Wildman–Crippen LogP) is 2.03. The first-order chi connectivity index (χ1) is 10.8. The lowest BCUT2D eigenvalue weighted by Gasteiger charge is -2.31. The highest BCUT2D eigenvalue weighted by Crippen LogP contribution is 2.17. The molecular formula is C16H22N6. The third kappa shape index (κ3) is 3.33. The van der Waals surface area contributed by atoms with E-state index in [2.05, 4.69) is 51.4 Å². The number of hydrogen-bond donors (Lipinski definition) is 1. The molecule has 1 aromatic heterocycles. The third-order valence-corrected chi connectivity index (χ3v) is 4.06. The molecule has 1 N–H and O–H groups in total. The van der Waals surface area contributed by atoms with Gasteiger partial charge in [-0.25, -0.2) is 0 Å². The summed E-state index contributed by atoms with van der Waals surface area (Å²) in [4.78, 5) is 2.41. The molecule has 1 aliphatic rings. The highest BCUT2D eigenvalue weighted by atomic mass is 15.6. The van der Waals surface area contributed by atoms with Crippen molar-refractivity contribution < 1.29 is 0 Å². The summed E-state index contributed by atoms with van der Waals surface area (Å²) in [5, 5.41) is 15.5. The van der Waals surface area contributed by atoms with Crippen LogP contribution in [-0.4, -0.2) is 50.8 Å². The molecule has 0 saturated carbocycles. The normalized spacial score (nSPS) is 16.6. The first-order valence-electron chi connectivity index (χ1n) is 7.71. The van der Waals surface area contributed by atoms with Crippen LogP contribution in [-0.2, 0) is 0 Å². The molecule has 0 bridgehead atoms. The van der Waals surface area contributed by atoms with Crippen molar-refractivity contribution in [1.29, 1.82) is 0 Å². The topological polar surface area (TPSA) is 58.9 Å². The molecule has 2 aromatic rings. The van der Waals surface area contributed by atoms with Crippen molar-refractivity contribution in [1.82, 2.24) is 25.1 Å². The number of aryl methyl sites for hydroxylation is 1. The molecule has 0 radical (unpaired) electrons. The van der Waals surface area contributed by atoms with Gasteiger partial charge in [-0.3, -0.25) is 4.90 Å². The van der Waals surface area contributed by atoms with E-state index in [0.29, 0.717) is 12.0 Å². The zero-order chi connectivity index (χ0) is 15.4. The highest BCUT2D eigenvalue weighted by Gasteiger charge is 2.20. The fraction of sp³-hybridized carbons (Fsp3) is 0.438. The van der Waals surface area contributed by atoms with Gasteiger partial charge in [-0.2, -0.15) is 4.68 Å². The summed E-state index contributed by atoms with van der Waals surface area (Å²) in [7, 11) is 0. The van der Waals surface area contributed by atoms with Crippen LogP contribution in [0.2, 0.25) is 0 Å². The van der Waals surface area contributed by atoms with Crippen LogP contribution >= 0.6 is 0 Å². The minimum absolute atomic E-state index is 0.413. The molecule has 0 spiro atoms. The Morgan fingerprint density at radius 3 is 2.68 bits per heavy atom. The Hall–Kier alpha value is -2.21. The summed E-state index contributed by atoms with van der Waals surface area (Å²) < 4.78 is 1.76. The number of tetrazole rings is 1. The quantitative estimate of drug-likeness (QED) is 0.856. The summed E-state index contributed by atoms with van der Waals surface area (Å²) in [5.41, 5.74) is 2.20. The van der Waals surface area contributed by atoms with Gasteiger partial charge < -0.3 is 5.32 Å². The zero-order valence-corrected chi connectivity index (χ0v) is 12.9. The van der Waals surface area contributed by atoms with Crippen LogP contribution in [0.3, 0.4) is 0 Å². The molecule has 1 saturated heterocycles. The number of nitrogens with one attached hydrogen (secondary N) is 1. The van der Waals surface area contributed by atoms with Crippen molar-refractivity contribution >= 4 is 5.95 Å². The fourth-order valence-corrected chi connectivity index (χ4v) is 2.76. The Morgan fingerprint density at radius 2 is 2.00 bits per heavy atom. The van der Waals surface area contributed by atoms with Gasteiger partial charge in [0.15, 0.2) is 0 Å². The largest absolute Gasteiger partial charge is 0.350 e. The molecule has 1 aromatic carbocycles. The van der Waals surface area contributed by atoms with Crippen LogP contribution in [0.4, 0.5) is 5.95 Å². The molecule has 1 fully saturated rings. The van der Waals surface area contributed by atoms with Gasteiger partial charge in [0, 0.05) is 25.7 Å². The number of anilines is 1. The van der Waals surface area contributed by atoms with E-state index in [1.807, 2.05) is 18.2 Å². The van der Waals surface area contributed by atoms with Crippen LogP contribution < -0.4 is 5.32 Å². The SMILES string of the molecule is C=CCN1CCC(Nc2nnnn2-c2ccc(C)cc2)CC1. The smallest absolute Gasteiger partial charge is 0.247 e. The first-order valence-corrected chi connectivity index (χ1v) is 7.71. The maximum absolute atomic E-state index is 4.13. The van der Waals surface area contributed by atoms with Gasteiger partial charge in [-0.1, -0.05) is 28.9 Å². The van der Waals surface area contributed by atoms with Crippen molar-refractivity contribution in [2.24, 2.45) is 0 Å². The van der Waals surface area contributed by atoms with Crippen molar-refractivity contribution in [3.63, 3.8) is 0 Å². The van der Waals surface area contributed by atoms with Gasteiger partial charge in [0.05, 0.1) is 5.69 Å². The van der Waals surface area contributed by atoms with E-state index >= 15 is 0 Å². The Morgan fingerprint density at radius 1 is 1.27 bits per heavy atom. The number of hydrogen-bond acceptors (Lipinski definition) is 5. The maximum atomic E-state index is 4.13. The molecule has 0 amide bonds. The van der Waals surface area contributed by atoms with Gasteiger partial charge in [0.1, 0.15) is 0 Å². The minimum Gasteiger partial charge on any atom is -0.350 e. The Balaban J connectivity index is 1.66. The van der Waals surface area contributed by atoms with E-state index in [0.717, 1.165) is 38.2 Å². The monoisotopic (exact) mass is 298 g/mol. The van der Waals surface area contributed by atoms with Crippen molar-refractivity contribution in [2.45, 2.75) is 25.8 Å². The van der Waals surface area contributed by atoms with E-state index in [9.17, 15) is 0 Å². The predicted molar refractivity (Wildman–Crippen MR) is 87.2 cm³/mol. The van der Waals surface area contributed by atoms with Crippen molar-refractivity contribution in [3.8, 4) is 5.69 Å². The average molecular weight is 298 g/mol. The maximum Gasteiger partial charge on any atom is 0.247 e. The summed E-state index contributed by atoms with van der Waals surface area (Å²) in [6.07, 6.45) is 4.15. The lowest BCUT2D eigenvalue weighted by atomic mass is 10.1. The number of likely N-dealkylation sites (tertiary alicyclic amines) is 1. The number of piperidine rings is 1. The first kappa shape index (κ1) is 14.7. The fourth-order valence-electron chi connectivity index (χ4n) is 2.76. The van der Waals surface area contributed by atoms with Gasteiger partial charge >= 0.3 is 0 Å². The standard InChI is InChI=1S/C16H22N6/c1-3-10-21-11-8-14(9-12-21)17-16-18-19-20-22(16)15-6-4-13(2)5-7-15/h3-7,14H,1,8-12H2,2H3,(H,17,18,20). The van der Waals surface area contributed by atoms with Crippen LogP contribution in [0.25, 0.3) is 5.69 Å². The number of rotatable bonds is 5. The van der Waals surface area contributed by atoms with Gasteiger partial charge in [0.25, 0.3) is 0 Å². The van der Waals surface area contributed by atoms with Gasteiger partial charge in [-0.15, -0.1) is 6.58 Å².